The standard InChI is InChI=1S/C13H9F2NO2/c1-7-5-8(13(17)18)6-11(16-7)9-3-2-4-10(14)12(9)15/h2-6H,1H3,(H,17,18). The fourth-order valence-corrected chi connectivity index (χ4v) is 1.63. The quantitative estimate of drug-likeness (QED) is 0.889. The van der Waals surface area contributed by atoms with Crippen LogP contribution in [0.5, 0.6) is 0 Å². The minimum absolute atomic E-state index is 0.0128. The van der Waals surface area contributed by atoms with Gasteiger partial charge in [0.25, 0.3) is 0 Å². The van der Waals surface area contributed by atoms with Crippen molar-refractivity contribution in [3.8, 4) is 11.3 Å². The molecule has 0 fully saturated rings. The van der Waals surface area contributed by atoms with Crippen molar-refractivity contribution in [1.29, 1.82) is 0 Å². The number of aromatic nitrogens is 1. The lowest BCUT2D eigenvalue weighted by molar-refractivity contribution is 0.0696. The van der Waals surface area contributed by atoms with Crippen molar-refractivity contribution >= 4 is 5.97 Å². The Hall–Kier alpha value is -2.30. The van der Waals surface area contributed by atoms with Gasteiger partial charge in [-0.1, -0.05) is 6.07 Å². The van der Waals surface area contributed by atoms with Crippen LogP contribution in [0.15, 0.2) is 30.3 Å². The van der Waals surface area contributed by atoms with Crippen molar-refractivity contribution in [2.75, 3.05) is 0 Å². The van der Waals surface area contributed by atoms with Crippen LogP contribution in [0.25, 0.3) is 11.3 Å². The molecule has 0 amide bonds. The van der Waals surface area contributed by atoms with Crippen molar-refractivity contribution in [2.45, 2.75) is 6.92 Å². The number of aromatic carboxylic acids is 1. The Bertz CT molecular complexity index is 626. The molecule has 0 atom stereocenters. The number of benzene rings is 1. The molecule has 1 aromatic heterocycles. The summed E-state index contributed by atoms with van der Waals surface area (Å²) in [6, 6.07) is 6.27. The van der Waals surface area contributed by atoms with Crippen LogP contribution in [0.4, 0.5) is 8.78 Å². The first-order valence-corrected chi connectivity index (χ1v) is 5.15. The molecule has 18 heavy (non-hydrogen) atoms. The van der Waals surface area contributed by atoms with E-state index in [4.69, 9.17) is 5.11 Å². The number of nitrogens with zero attached hydrogens (tertiary/aromatic N) is 1. The number of halogens is 2. The van der Waals surface area contributed by atoms with Gasteiger partial charge in [0.2, 0.25) is 0 Å². The van der Waals surface area contributed by atoms with Crippen LogP contribution in [0, 0.1) is 18.6 Å². The summed E-state index contributed by atoms with van der Waals surface area (Å²) in [5.41, 5.74) is 0.459. The smallest absolute Gasteiger partial charge is 0.335 e. The molecule has 0 aliphatic heterocycles. The van der Waals surface area contributed by atoms with E-state index in [0.29, 0.717) is 5.69 Å². The van der Waals surface area contributed by atoms with E-state index in [0.717, 1.165) is 6.07 Å². The molecule has 0 unspecified atom stereocenters. The molecular weight excluding hydrogens is 240 g/mol. The Morgan fingerprint density at radius 1 is 1.28 bits per heavy atom. The van der Waals surface area contributed by atoms with Gasteiger partial charge in [0, 0.05) is 11.3 Å². The van der Waals surface area contributed by atoms with Gasteiger partial charge in [-0.3, -0.25) is 4.98 Å². The maximum absolute atomic E-state index is 13.6. The molecule has 0 bridgehead atoms. The van der Waals surface area contributed by atoms with Crippen molar-refractivity contribution in [3.05, 3.63) is 53.2 Å². The Labute approximate surface area is 102 Å². The summed E-state index contributed by atoms with van der Waals surface area (Å²) in [5.74, 6) is -3.17. The second kappa shape index (κ2) is 4.52. The fourth-order valence-electron chi connectivity index (χ4n) is 1.63. The van der Waals surface area contributed by atoms with E-state index in [1.165, 1.54) is 24.3 Å². The molecule has 0 saturated heterocycles. The molecule has 3 nitrogen and oxygen atoms in total. The molecular formula is C13H9F2NO2. The Morgan fingerprint density at radius 3 is 2.67 bits per heavy atom. The van der Waals surface area contributed by atoms with Crippen LogP contribution < -0.4 is 0 Å². The molecule has 92 valence electrons. The molecule has 1 aromatic carbocycles. The predicted octanol–water partition coefficient (Wildman–Crippen LogP) is 3.03. The highest BCUT2D eigenvalue weighted by Gasteiger charge is 2.13. The first-order valence-electron chi connectivity index (χ1n) is 5.15. The number of carboxylic acid groups (broad SMARTS) is 1. The molecule has 1 N–H and O–H groups in total. The van der Waals surface area contributed by atoms with E-state index >= 15 is 0 Å². The number of pyridine rings is 1. The van der Waals surface area contributed by atoms with Crippen LogP contribution >= 0.6 is 0 Å². The monoisotopic (exact) mass is 249 g/mol. The van der Waals surface area contributed by atoms with Gasteiger partial charge < -0.3 is 5.11 Å². The largest absolute Gasteiger partial charge is 0.478 e. The second-order valence-electron chi connectivity index (χ2n) is 3.79. The lowest BCUT2D eigenvalue weighted by Gasteiger charge is -2.06. The molecule has 2 rings (SSSR count). The van der Waals surface area contributed by atoms with Crippen LogP contribution in [-0.2, 0) is 0 Å². The van der Waals surface area contributed by atoms with Crippen LogP contribution in [0.2, 0.25) is 0 Å². The van der Waals surface area contributed by atoms with Crippen LogP contribution in [-0.4, -0.2) is 16.1 Å². The van der Waals surface area contributed by atoms with Gasteiger partial charge >= 0.3 is 5.97 Å². The maximum Gasteiger partial charge on any atom is 0.335 e. The van der Waals surface area contributed by atoms with Crippen molar-refractivity contribution in [2.24, 2.45) is 0 Å². The number of hydrogen-bond donors (Lipinski definition) is 1. The highest BCUT2D eigenvalue weighted by molar-refractivity contribution is 5.89. The molecule has 0 aliphatic rings. The minimum atomic E-state index is -1.14. The molecule has 2 aromatic rings. The molecule has 0 saturated carbocycles. The summed E-state index contributed by atoms with van der Waals surface area (Å²) in [5, 5.41) is 8.91. The summed E-state index contributed by atoms with van der Waals surface area (Å²) in [7, 11) is 0. The minimum Gasteiger partial charge on any atom is -0.478 e. The summed E-state index contributed by atoms with van der Waals surface area (Å²) in [6.45, 7) is 1.59. The number of carbonyl (C=O) groups is 1. The van der Waals surface area contributed by atoms with E-state index in [1.54, 1.807) is 6.92 Å². The van der Waals surface area contributed by atoms with E-state index < -0.39 is 17.6 Å². The lowest BCUT2D eigenvalue weighted by atomic mass is 10.1. The third kappa shape index (κ3) is 2.20. The fraction of sp³-hybridized carbons (Fsp3) is 0.0769. The van der Waals surface area contributed by atoms with E-state index in [9.17, 15) is 13.6 Å². The zero-order valence-corrected chi connectivity index (χ0v) is 9.45. The zero-order valence-electron chi connectivity index (χ0n) is 9.45. The number of carboxylic acids is 1. The molecule has 0 aliphatic carbocycles. The number of hydrogen-bond acceptors (Lipinski definition) is 2. The van der Waals surface area contributed by atoms with Gasteiger partial charge in [0.1, 0.15) is 0 Å². The summed E-state index contributed by atoms with van der Waals surface area (Å²) in [4.78, 5) is 14.9. The summed E-state index contributed by atoms with van der Waals surface area (Å²) >= 11 is 0. The highest BCUT2D eigenvalue weighted by atomic mass is 19.2. The van der Waals surface area contributed by atoms with Gasteiger partial charge in [0.15, 0.2) is 11.6 Å². The van der Waals surface area contributed by atoms with E-state index in [-0.39, 0.29) is 16.8 Å². The molecule has 1 heterocycles. The van der Waals surface area contributed by atoms with E-state index in [2.05, 4.69) is 4.98 Å². The molecule has 0 spiro atoms. The summed E-state index contributed by atoms with van der Waals surface area (Å²) < 4.78 is 26.7. The van der Waals surface area contributed by atoms with Crippen LogP contribution in [0.1, 0.15) is 16.1 Å². The van der Waals surface area contributed by atoms with Crippen LogP contribution in [0.3, 0.4) is 0 Å². The topological polar surface area (TPSA) is 50.2 Å². The summed E-state index contributed by atoms with van der Waals surface area (Å²) in [6.07, 6.45) is 0. The average Bonchev–Trinajstić information content (AvgIpc) is 2.31. The first kappa shape index (κ1) is 12.2. The van der Waals surface area contributed by atoms with Crippen molar-refractivity contribution < 1.29 is 18.7 Å². The third-order valence-corrected chi connectivity index (χ3v) is 2.43. The van der Waals surface area contributed by atoms with Gasteiger partial charge in [-0.15, -0.1) is 0 Å². The average molecular weight is 249 g/mol. The normalized spacial score (nSPS) is 10.4. The SMILES string of the molecule is Cc1cc(C(=O)O)cc(-c2cccc(F)c2F)n1. The van der Waals surface area contributed by atoms with Gasteiger partial charge in [-0.2, -0.15) is 0 Å². The number of aryl methyl sites for hydroxylation is 1. The predicted molar refractivity (Wildman–Crippen MR) is 61.3 cm³/mol. The maximum atomic E-state index is 13.6. The Kier molecular flexibility index (Phi) is 3.06. The Balaban J connectivity index is 2.64. The zero-order chi connectivity index (χ0) is 13.3. The second-order valence-corrected chi connectivity index (χ2v) is 3.79. The van der Waals surface area contributed by atoms with E-state index in [1.807, 2.05) is 0 Å². The van der Waals surface area contributed by atoms with Gasteiger partial charge in [0.05, 0.1) is 11.3 Å². The van der Waals surface area contributed by atoms with Gasteiger partial charge in [-0.05, 0) is 31.2 Å². The molecule has 5 heteroatoms. The number of rotatable bonds is 2. The van der Waals surface area contributed by atoms with Crippen molar-refractivity contribution in [3.63, 3.8) is 0 Å². The van der Waals surface area contributed by atoms with Crippen molar-refractivity contribution in [1.82, 2.24) is 4.98 Å². The molecule has 0 radical (unpaired) electrons. The third-order valence-electron chi connectivity index (χ3n) is 2.43. The highest BCUT2D eigenvalue weighted by Crippen LogP contribution is 2.24. The lowest BCUT2D eigenvalue weighted by Crippen LogP contribution is -2.00. The van der Waals surface area contributed by atoms with Gasteiger partial charge in [-0.25, -0.2) is 13.6 Å². The Morgan fingerprint density at radius 2 is 2.00 bits per heavy atom. The first-order chi connectivity index (χ1) is 8.49.